The highest BCUT2D eigenvalue weighted by molar-refractivity contribution is 5.89. The van der Waals surface area contributed by atoms with E-state index in [1.54, 1.807) is 19.6 Å². The van der Waals surface area contributed by atoms with Crippen molar-refractivity contribution in [3.63, 3.8) is 0 Å². The molecular weight excluding hydrogens is 376 g/mol. The number of H-pyrrole nitrogens is 2. The van der Waals surface area contributed by atoms with Crippen molar-refractivity contribution in [3.05, 3.63) is 77.9 Å². The Balaban J connectivity index is 1.58. The maximum Gasteiger partial charge on any atom is 0.160 e. The van der Waals surface area contributed by atoms with Gasteiger partial charge in [0.1, 0.15) is 17.9 Å². The Morgan fingerprint density at radius 2 is 1.90 bits per heavy atom. The van der Waals surface area contributed by atoms with Crippen molar-refractivity contribution < 1.29 is 4.74 Å². The lowest BCUT2D eigenvalue weighted by molar-refractivity contribution is 0.414. The summed E-state index contributed by atoms with van der Waals surface area (Å²) in [7, 11) is 1.69. The van der Waals surface area contributed by atoms with E-state index in [-0.39, 0.29) is 6.04 Å². The Bertz CT molecular complexity index is 1350. The molecule has 1 aliphatic heterocycles. The monoisotopic (exact) mass is 396 g/mol. The van der Waals surface area contributed by atoms with Crippen LogP contribution in [-0.2, 0) is 6.42 Å². The van der Waals surface area contributed by atoms with Crippen LogP contribution in [0.3, 0.4) is 0 Å². The molecule has 1 atom stereocenters. The third-order valence-corrected chi connectivity index (χ3v) is 5.97. The van der Waals surface area contributed by atoms with Gasteiger partial charge in [-0.15, -0.1) is 0 Å². The van der Waals surface area contributed by atoms with E-state index in [1.807, 2.05) is 12.1 Å². The second-order valence-corrected chi connectivity index (χ2v) is 7.51. The van der Waals surface area contributed by atoms with Gasteiger partial charge in [-0.3, -0.25) is 5.10 Å². The Labute approximate surface area is 172 Å². The molecule has 0 aliphatic carbocycles. The molecule has 30 heavy (non-hydrogen) atoms. The first-order chi connectivity index (χ1) is 14.8. The first kappa shape index (κ1) is 17.0. The maximum absolute atomic E-state index is 5.38. The molecule has 7 heteroatoms. The summed E-state index contributed by atoms with van der Waals surface area (Å²) in [5.41, 5.74) is 5.68. The van der Waals surface area contributed by atoms with E-state index in [0.29, 0.717) is 0 Å². The number of hydrogen-bond donors (Lipinski definition) is 2. The van der Waals surface area contributed by atoms with Crippen LogP contribution in [0.5, 0.6) is 5.75 Å². The molecule has 2 N–H and O–H groups in total. The fourth-order valence-corrected chi connectivity index (χ4v) is 4.58. The van der Waals surface area contributed by atoms with Crippen molar-refractivity contribution >= 4 is 27.8 Å². The van der Waals surface area contributed by atoms with Gasteiger partial charge in [0.05, 0.1) is 24.7 Å². The predicted molar refractivity (Wildman–Crippen MR) is 116 cm³/mol. The molecule has 0 radical (unpaired) electrons. The fourth-order valence-electron chi connectivity index (χ4n) is 4.58. The van der Waals surface area contributed by atoms with Gasteiger partial charge < -0.3 is 14.6 Å². The Kier molecular flexibility index (Phi) is 3.74. The number of hydrogen-bond acceptors (Lipinski definition) is 5. The Morgan fingerprint density at radius 1 is 1.03 bits per heavy atom. The van der Waals surface area contributed by atoms with Crippen LogP contribution in [0.4, 0.5) is 5.82 Å². The van der Waals surface area contributed by atoms with Gasteiger partial charge in [0.25, 0.3) is 0 Å². The van der Waals surface area contributed by atoms with Crippen LogP contribution in [0, 0.1) is 0 Å². The number of aromatic amines is 2. The average molecular weight is 396 g/mol. The molecule has 7 nitrogen and oxygen atoms in total. The van der Waals surface area contributed by atoms with Crippen LogP contribution in [0.15, 0.2) is 61.1 Å². The minimum absolute atomic E-state index is 0.0000520. The highest BCUT2D eigenvalue weighted by Crippen LogP contribution is 2.41. The molecule has 1 unspecified atom stereocenters. The summed E-state index contributed by atoms with van der Waals surface area (Å²) in [6, 6.07) is 16.8. The number of ether oxygens (including phenoxy) is 1. The first-order valence-electron chi connectivity index (χ1n) is 9.97. The minimum Gasteiger partial charge on any atom is -0.497 e. The van der Waals surface area contributed by atoms with Gasteiger partial charge in [-0.2, -0.15) is 5.10 Å². The molecule has 0 saturated carbocycles. The van der Waals surface area contributed by atoms with E-state index in [4.69, 9.17) is 4.74 Å². The van der Waals surface area contributed by atoms with Crippen LogP contribution >= 0.6 is 0 Å². The van der Waals surface area contributed by atoms with Gasteiger partial charge in [-0.05, 0) is 35.7 Å². The average Bonchev–Trinajstić information content (AvgIpc) is 3.43. The first-order valence-corrected chi connectivity index (χ1v) is 9.97. The van der Waals surface area contributed by atoms with Crippen molar-refractivity contribution in [1.29, 1.82) is 0 Å². The van der Waals surface area contributed by atoms with Gasteiger partial charge in [-0.1, -0.05) is 30.3 Å². The van der Waals surface area contributed by atoms with Crippen molar-refractivity contribution in [2.45, 2.75) is 12.5 Å². The molecule has 1 aliphatic rings. The number of para-hydroxylation sites is 1. The van der Waals surface area contributed by atoms with Crippen LogP contribution in [0.25, 0.3) is 21.9 Å². The lowest BCUT2D eigenvalue weighted by Crippen LogP contribution is -2.36. The number of anilines is 1. The number of methoxy groups -OCH3 is 1. The van der Waals surface area contributed by atoms with E-state index < -0.39 is 0 Å². The molecule has 0 fully saturated rings. The topological polar surface area (TPSA) is 82.7 Å². The Morgan fingerprint density at radius 3 is 2.77 bits per heavy atom. The highest BCUT2D eigenvalue weighted by atomic mass is 16.5. The van der Waals surface area contributed by atoms with Gasteiger partial charge in [0.15, 0.2) is 5.65 Å². The van der Waals surface area contributed by atoms with Gasteiger partial charge in [-0.25, -0.2) is 9.97 Å². The molecule has 0 saturated heterocycles. The van der Waals surface area contributed by atoms with Crippen molar-refractivity contribution in [2.75, 3.05) is 18.6 Å². The van der Waals surface area contributed by atoms with Crippen LogP contribution < -0.4 is 9.64 Å². The predicted octanol–water partition coefficient (Wildman–Crippen LogP) is 3.99. The SMILES string of the molecule is COc1ccc(C2c3[nH]c4ccccc4c3CCN2c2ncnc3[nH]ncc23)cc1. The minimum atomic E-state index is 0.0000520. The summed E-state index contributed by atoms with van der Waals surface area (Å²) in [6.07, 6.45) is 4.34. The second-order valence-electron chi connectivity index (χ2n) is 7.51. The zero-order valence-electron chi connectivity index (χ0n) is 16.5. The zero-order valence-corrected chi connectivity index (χ0v) is 16.5. The summed E-state index contributed by atoms with van der Waals surface area (Å²) >= 11 is 0. The molecule has 6 rings (SSSR count). The fraction of sp³-hybridized carbons (Fsp3) is 0.174. The summed E-state index contributed by atoms with van der Waals surface area (Å²) in [5, 5.41) is 9.35. The van der Waals surface area contributed by atoms with Crippen LogP contribution in [0.2, 0.25) is 0 Å². The second kappa shape index (κ2) is 6.59. The van der Waals surface area contributed by atoms with Crippen molar-refractivity contribution in [3.8, 4) is 5.75 Å². The molecule has 0 bridgehead atoms. The summed E-state index contributed by atoms with van der Waals surface area (Å²) in [6.45, 7) is 0.850. The number of nitrogens with zero attached hydrogens (tertiary/aromatic N) is 4. The van der Waals surface area contributed by atoms with Crippen LogP contribution in [-0.4, -0.2) is 38.8 Å². The quantitative estimate of drug-likeness (QED) is 0.482. The summed E-state index contributed by atoms with van der Waals surface area (Å²) < 4.78 is 5.38. The van der Waals surface area contributed by atoms with E-state index in [0.717, 1.165) is 35.6 Å². The summed E-state index contributed by atoms with van der Waals surface area (Å²) in [5.74, 6) is 1.73. The molecule has 0 spiro atoms. The summed E-state index contributed by atoms with van der Waals surface area (Å²) in [4.78, 5) is 15.0. The normalized spacial score (nSPS) is 16.2. The van der Waals surface area contributed by atoms with Gasteiger partial charge in [0, 0.05) is 23.1 Å². The number of aromatic nitrogens is 5. The third-order valence-electron chi connectivity index (χ3n) is 5.97. The molecule has 148 valence electrons. The molecule has 2 aromatic carbocycles. The lowest BCUT2D eigenvalue weighted by Gasteiger charge is -2.37. The highest BCUT2D eigenvalue weighted by Gasteiger charge is 2.33. The number of fused-ring (bicyclic) bond motifs is 4. The molecule has 0 amide bonds. The van der Waals surface area contributed by atoms with Crippen molar-refractivity contribution in [1.82, 2.24) is 25.1 Å². The zero-order chi connectivity index (χ0) is 20.1. The molecule has 5 aromatic rings. The molecule has 3 aromatic heterocycles. The van der Waals surface area contributed by atoms with E-state index in [2.05, 4.69) is 66.4 Å². The number of benzene rings is 2. The smallest absolute Gasteiger partial charge is 0.160 e. The lowest BCUT2D eigenvalue weighted by atomic mass is 9.92. The van der Waals surface area contributed by atoms with E-state index in [1.165, 1.54) is 27.7 Å². The van der Waals surface area contributed by atoms with E-state index >= 15 is 0 Å². The van der Waals surface area contributed by atoms with Crippen LogP contribution in [0.1, 0.15) is 22.9 Å². The standard InChI is InChI=1S/C23H20N6O/c1-30-15-8-6-14(7-9-15)21-20-17(16-4-2-3-5-19(16)27-20)10-11-29(21)23-18-12-26-28-22(18)24-13-25-23/h2-9,12-13,21,27H,10-11H2,1H3,(H,24,25,26,28). The number of nitrogens with one attached hydrogen (secondary N) is 2. The maximum atomic E-state index is 5.38. The molecular formula is C23H20N6O. The van der Waals surface area contributed by atoms with Crippen molar-refractivity contribution in [2.24, 2.45) is 0 Å². The van der Waals surface area contributed by atoms with Gasteiger partial charge in [0.2, 0.25) is 0 Å². The molecule has 4 heterocycles. The Hall–Kier alpha value is -3.87. The van der Waals surface area contributed by atoms with E-state index in [9.17, 15) is 0 Å². The third kappa shape index (κ3) is 2.48. The number of rotatable bonds is 3. The van der Waals surface area contributed by atoms with Gasteiger partial charge >= 0.3 is 0 Å². The largest absolute Gasteiger partial charge is 0.497 e.